The van der Waals surface area contributed by atoms with Crippen LogP contribution in [0.3, 0.4) is 0 Å². The molecule has 118 valence electrons. The molecule has 0 saturated carbocycles. The van der Waals surface area contributed by atoms with Crippen molar-refractivity contribution in [3.63, 3.8) is 0 Å². The molecule has 2 aromatic carbocycles. The zero-order valence-electron chi connectivity index (χ0n) is 11.9. The molecule has 0 saturated heterocycles. The van der Waals surface area contributed by atoms with Gasteiger partial charge in [0.1, 0.15) is 30.7 Å². The van der Waals surface area contributed by atoms with Crippen LogP contribution in [-0.2, 0) is 16.1 Å². The van der Waals surface area contributed by atoms with Gasteiger partial charge in [0.2, 0.25) is 0 Å². The number of ether oxygens (including phenoxy) is 3. The molecule has 6 heteroatoms. The highest BCUT2D eigenvalue weighted by Crippen LogP contribution is 2.34. The number of carboxylic acid groups (broad SMARTS) is 1. The molecule has 2 aromatic rings. The summed E-state index contributed by atoms with van der Waals surface area (Å²) < 4.78 is 30.0. The molecule has 5 nitrogen and oxygen atoms in total. The third-order valence-electron chi connectivity index (χ3n) is 3.28. The van der Waals surface area contributed by atoms with E-state index in [9.17, 15) is 9.18 Å². The number of rotatable bonds is 5. The molecule has 0 unspecified atom stereocenters. The van der Waals surface area contributed by atoms with Crippen molar-refractivity contribution in [2.24, 2.45) is 0 Å². The zero-order valence-corrected chi connectivity index (χ0v) is 11.9. The Kier molecular flexibility index (Phi) is 4.14. The van der Waals surface area contributed by atoms with E-state index >= 15 is 0 Å². The van der Waals surface area contributed by atoms with E-state index in [0.717, 1.165) is 17.7 Å². The Morgan fingerprint density at radius 1 is 1.17 bits per heavy atom. The van der Waals surface area contributed by atoms with E-state index in [-0.39, 0.29) is 12.4 Å². The van der Waals surface area contributed by atoms with E-state index in [1.54, 1.807) is 0 Å². The van der Waals surface area contributed by atoms with E-state index in [2.05, 4.69) is 0 Å². The topological polar surface area (TPSA) is 65.0 Å². The van der Waals surface area contributed by atoms with Crippen LogP contribution in [0.25, 0.3) is 0 Å². The summed E-state index contributed by atoms with van der Waals surface area (Å²) >= 11 is 0. The SMILES string of the molecule is O=C(O)c1cc(C2OC=CO2)c(OCc2ccccc2)cc1F. The van der Waals surface area contributed by atoms with Gasteiger partial charge in [0.05, 0.1) is 11.1 Å². The summed E-state index contributed by atoms with van der Waals surface area (Å²) in [5, 5.41) is 9.05. The first-order chi connectivity index (χ1) is 11.1. The third-order valence-corrected chi connectivity index (χ3v) is 3.28. The molecule has 0 fully saturated rings. The maximum atomic E-state index is 13.9. The Labute approximate surface area is 131 Å². The first-order valence-electron chi connectivity index (χ1n) is 6.84. The normalized spacial score (nSPS) is 13.4. The summed E-state index contributed by atoms with van der Waals surface area (Å²) in [4.78, 5) is 11.1. The number of benzene rings is 2. The van der Waals surface area contributed by atoms with Crippen molar-refractivity contribution in [2.45, 2.75) is 12.9 Å². The van der Waals surface area contributed by atoms with Crippen LogP contribution in [0.4, 0.5) is 4.39 Å². The van der Waals surface area contributed by atoms with E-state index < -0.39 is 23.6 Å². The largest absolute Gasteiger partial charge is 0.488 e. The predicted octanol–water partition coefficient (Wildman–Crippen LogP) is 3.62. The molecule has 0 aliphatic carbocycles. The van der Waals surface area contributed by atoms with Crippen LogP contribution >= 0.6 is 0 Å². The van der Waals surface area contributed by atoms with Gasteiger partial charge < -0.3 is 19.3 Å². The molecule has 1 aliphatic heterocycles. The molecule has 0 spiro atoms. The van der Waals surface area contributed by atoms with Crippen LogP contribution in [0.5, 0.6) is 5.75 Å². The Hall–Kier alpha value is -3.02. The van der Waals surface area contributed by atoms with Gasteiger partial charge >= 0.3 is 5.97 Å². The standard InChI is InChI=1S/C17H13FO5/c18-14-9-15(23-10-11-4-2-1-3-5-11)13(8-12(14)16(19)20)17-21-6-7-22-17/h1-9,17H,10H2,(H,19,20). The Bertz CT molecular complexity index is 734. The van der Waals surface area contributed by atoms with Crippen molar-refractivity contribution in [1.29, 1.82) is 0 Å². The van der Waals surface area contributed by atoms with Gasteiger partial charge in [-0.3, -0.25) is 0 Å². The summed E-state index contributed by atoms with van der Waals surface area (Å²) in [5.41, 5.74) is 0.739. The number of carboxylic acids is 1. The van der Waals surface area contributed by atoms with Crippen LogP contribution < -0.4 is 4.74 Å². The van der Waals surface area contributed by atoms with Crippen LogP contribution in [0, 0.1) is 5.82 Å². The van der Waals surface area contributed by atoms with Gasteiger partial charge in [-0.2, -0.15) is 0 Å². The maximum Gasteiger partial charge on any atom is 0.338 e. The van der Waals surface area contributed by atoms with E-state index in [0.29, 0.717) is 5.56 Å². The highest BCUT2D eigenvalue weighted by molar-refractivity contribution is 5.88. The monoisotopic (exact) mass is 316 g/mol. The van der Waals surface area contributed by atoms with Crippen LogP contribution in [0.15, 0.2) is 55.0 Å². The summed E-state index contributed by atoms with van der Waals surface area (Å²) in [6, 6.07) is 11.5. The number of aromatic carboxylic acids is 1. The van der Waals surface area contributed by atoms with Crippen LogP contribution in [0.2, 0.25) is 0 Å². The fraction of sp³-hybridized carbons (Fsp3) is 0.118. The molecular formula is C17H13FO5. The summed E-state index contributed by atoms with van der Waals surface area (Å²) in [5.74, 6) is -2.08. The summed E-state index contributed by atoms with van der Waals surface area (Å²) in [7, 11) is 0. The van der Waals surface area contributed by atoms with Gasteiger partial charge in [-0.05, 0) is 11.6 Å². The molecule has 23 heavy (non-hydrogen) atoms. The minimum Gasteiger partial charge on any atom is -0.488 e. The first-order valence-corrected chi connectivity index (χ1v) is 6.84. The second-order valence-electron chi connectivity index (χ2n) is 4.83. The van der Waals surface area contributed by atoms with Crippen LogP contribution in [-0.4, -0.2) is 11.1 Å². The van der Waals surface area contributed by atoms with E-state index in [1.807, 2.05) is 30.3 Å². The number of halogens is 1. The van der Waals surface area contributed by atoms with Gasteiger partial charge in [-0.25, -0.2) is 9.18 Å². The van der Waals surface area contributed by atoms with Gasteiger partial charge in [-0.1, -0.05) is 30.3 Å². The van der Waals surface area contributed by atoms with Crippen molar-refractivity contribution in [3.05, 3.63) is 77.5 Å². The van der Waals surface area contributed by atoms with Crippen molar-refractivity contribution in [3.8, 4) is 5.75 Å². The molecule has 3 rings (SSSR count). The smallest absolute Gasteiger partial charge is 0.338 e. The lowest BCUT2D eigenvalue weighted by Gasteiger charge is -2.17. The maximum absolute atomic E-state index is 13.9. The van der Waals surface area contributed by atoms with Gasteiger partial charge in [-0.15, -0.1) is 0 Å². The highest BCUT2D eigenvalue weighted by atomic mass is 19.1. The molecule has 0 atom stereocenters. The quantitative estimate of drug-likeness (QED) is 0.912. The molecule has 1 aliphatic rings. The second kappa shape index (κ2) is 6.39. The fourth-order valence-electron chi connectivity index (χ4n) is 2.17. The van der Waals surface area contributed by atoms with Crippen molar-refractivity contribution < 1.29 is 28.5 Å². The average molecular weight is 316 g/mol. The molecule has 0 radical (unpaired) electrons. The first kappa shape index (κ1) is 14.9. The van der Waals surface area contributed by atoms with Gasteiger partial charge in [0, 0.05) is 6.07 Å². The lowest BCUT2D eigenvalue weighted by atomic mass is 10.1. The lowest BCUT2D eigenvalue weighted by Crippen LogP contribution is -2.09. The average Bonchev–Trinajstić information content (AvgIpc) is 3.08. The van der Waals surface area contributed by atoms with Gasteiger partial charge in [0.25, 0.3) is 6.29 Å². The molecule has 1 N–H and O–H groups in total. The van der Waals surface area contributed by atoms with Crippen molar-refractivity contribution in [2.75, 3.05) is 0 Å². The second-order valence-corrected chi connectivity index (χ2v) is 4.83. The van der Waals surface area contributed by atoms with Crippen molar-refractivity contribution >= 4 is 5.97 Å². The Morgan fingerprint density at radius 2 is 1.87 bits per heavy atom. The third kappa shape index (κ3) is 3.26. The summed E-state index contributed by atoms with van der Waals surface area (Å²) in [6.45, 7) is 0.208. The number of hydrogen-bond acceptors (Lipinski definition) is 4. The molecule has 0 bridgehead atoms. The Morgan fingerprint density at radius 3 is 2.52 bits per heavy atom. The minimum absolute atomic E-state index is 0.171. The van der Waals surface area contributed by atoms with Gasteiger partial charge in [0.15, 0.2) is 0 Å². The molecular weight excluding hydrogens is 303 g/mol. The van der Waals surface area contributed by atoms with Crippen molar-refractivity contribution in [1.82, 2.24) is 0 Å². The van der Waals surface area contributed by atoms with E-state index in [1.165, 1.54) is 12.5 Å². The molecule has 0 amide bonds. The number of hydrogen-bond donors (Lipinski definition) is 1. The summed E-state index contributed by atoms with van der Waals surface area (Å²) in [6.07, 6.45) is 1.80. The Balaban J connectivity index is 1.90. The highest BCUT2D eigenvalue weighted by Gasteiger charge is 2.25. The minimum atomic E-state index is -1.37. The predicted molar refractivity (Wildman–Crippen MR) is 78.2 cm³/mol. The number of carbonyl (C=O) groups is 1. The van der Waals surface area contributed by atoms with E-state index in [4.69, 9.17) is 19.3 Å². The molecule has 0 aromatic heterocycles. The van der Waals surface area contributed by atoms with Crippen LogP contribution in [0.1, 0.15) is 27.8 Å². The lowest BCUT2D eigenvalue weighted by molar-refractivity contribution is -0.0266. The fourth-order valence-corrected chi connectivity index (χ4v) is 2.17. The molecule has 1 heterocycles. The zero-order chi connectivity index (χ0) is 16.2.